The van der Waals surface area contributed by atoms with Crippen LogP contribution in [0.25, 0.3) is 6.08 Å². The zero-order valence-corrected chi connectivity index (χ0v) is 8.02. The predicted octanol–water partition coefficient (Wildman–Crippen LogP) is 0.278. The van der Waals surface area contributed by atoms with Gasteiger partial charge in [-0.05, 0) is 18.2 Å². The maximum atomic E-state index is 11.2. The maximum Gasteiger partial charge on any atom is 0.326 e. The van der Waals surface area contributed by atoms with Crippen LogP contribution in [-0.2, 0) is 4.79 Å². The fourth-order valence-corrected chi connectivity index (χ4v) is 1.29. The molecule has 0 bridgehead atoms. The molecule has 1 aliphatic heterocycles. The third-order valence-electron chi connectivity index (χ3n) is 2.03. The van der Waals surface area contributed by atoms with E-state index in [9.17, 15) is 14.7 Å². The first-order valence-corrected chi connectivity index (χ1v) is 4.42. The van der Waals surface area contributed by atoms with Gasteiger partial charge in [-0.15, -0.1) is 0 Å². The monoisotopic (exact) mass is 220 g/mol. The van der Waals surface area contributed by atoms with Gasteiger partial charge in [-0.1, -0.05) is 0 Å². The summed E-state index contributed by atoms with van der Waals surface area (Å²) in [5.41, 5.74) is 0.371. The van der Waals surface area contributed by atoms with Gasteiger partial charge in [0.15, 0.2) is 0 Å². The number of urea groups is 1. The van der Waals surface area contributed by atoms with Crippen LogP contribution < -0.4 is 10.6 Å². The molecule has 1 fully saturated rings. The average Bonchev–Trinajstić information content (AvgIpc) is 2.50. The number of rotatable bonds is 1. The van der Waals surface area contributed by atoms with Gasteiger partial charge in [0.05, 0.1) is 0 Å². The number of amides is 3. The highest BCUT2D eigenvalue weighted by Crippen LogP contribution is 2.24. The Morgan fingerprint density at radius 1 is 1.12 bits per heavy atom. The van der Waals surface area contributed by atoms with Crippen LogP contribution in [0.1, 0.15) is 5.56 Å². The molecule has 0 saturated carbocycles. The van der Waals surface area contributed by atoms with Gasteiger partial charge in [0, 0.05) is 11.6 Å². The molecule has 2 rings (SSSR count). The van der Waals surface area contributed by atoms with E-state index in [2.05, 4.69) is 5.32 Å². The first-order valence-electron chi connectivity index (χ1n) is 4.42. The van der Waals surface area contributed by atoms with Gasteiger partial charge >= 0.3 is 6.03 Å². The Kier molecular flexibility index (Phi) is 2.24. The second kappa shape index (κ2) is 3.58. The quantitative estimate of drug-likeness (QED) is 0.403. The van der Waals surface area contributed by atoms with Crippen LogP contribution in [-0.4, -0.2) is 22.2 Å². The molecular formula is C10H8N2O4. The number of benzene rings is 1. The zero-order chi connectivity index (χ0) is 11.7. The molecule has 0 spiro atoms. The topological polar surface area (TPSA) is 98.7 Å². The third-order valence-corrected chi connectivity index (χ3v) is 2.03. The van der Waals surface area contributed by atoms with E-state index in [0.29, 0.717) is 5.56 Å². The molecule has 6 nitrogen and oxygen atoms in total. The number of phenolic OH excluding ortho intramolecular Hbond substituents is 2. The fourth-order valence-electron chi connectivity index (χ4n) is 1.29. The lowest BCUT2D eigenvalue weighted by atomic mass is 10.1. The van der Waals surface area contributed by atoms with Crippen LogP contribution in [0.5, 0.6) is 11.5 Å². The lowest BCUT2D eigenvalue weighted by Gasteiger charge is -2.00. The summed E-state index contributed by atoms with van der Waals surface area (Å²) in [7, 11) is 0. The summed E-state index contributed by atoms with van der Waals surface area (Å²) in [6.07, 6.45) is 1.31. The van der Waals surface area contributed by atoms with Crippen molar-refractivity contribution in [1.82, 2.24) is 10.6 Å². The van der Waals surface area contributed by atoms with Crippen molar-refractivity contribution in [2.45, 2.75) is 0 Å². The Morgan fingerprint density at radius 2 is 1.88 bits per heavy atom. The average molecular weight is 220 g/mol. The lowest BCUT2D eigenvalue weighted by molar-refractivity contribution is -0.115. The zero-order valence-electron chi connectivity index (χ0n) is 8.02. The van der Waals surface area contributed by atoms with Crippen molar-refractivity contribution in [1.29, 1.82) is 0 Å². The van der Waals surface area contributed by atoms with Crippen molar-refractivity contribution in [3.05, 3.63) is 29.5 Å². The summed E-state index contributed by atoms with van der Waals surface area (Å²) < 4.78 is 0. The van der Waals surface area contributed by atoms with Gasteiger partial charge in [-0.25, -0.2) is 4.79 Å². The van der Waals surface area contributed by atoms with Crippen LogP contribution in [0, 0.1) is 0 Å². The smallest absolute Gasteiger partial charge is 0.326 e. The lowest BCUT2D eigenvalue weighted by Crippen LogP contribution is -2.22. The minimum absolute atomic E-state index is 0.0472. The summed E-state index contributed by atoms with van der Waals surface area (Å²) in [6.45, 7) is 0. The number of phenols is 2. The first-order chi connectivity index (χ1) is 7.56. The number of imide groups is 1. The van der Waals surface area contributed by atoms with Crippen molar-refractivity contribution in [2.75, 3.05) is 0 Å². The normalized spacial score (nSPS) is 17.4. The molecule has 0 unspecified atom stereocenters. The third kappa shape index (κ3) is 1.81. The Hall–Kier alpha value is -2.50. The number of hydrogen-bond donors (Lipinski definition) is 4. The molecule has 82 valence electrons. The first kappa shape index (κ1) is 10.0. The largest absolute Gasteiger partial charge is 0.508 e. The van der Waals surface area contributed by atoms with Gasteiger partial charge in [-0.2, -0.15) is 0 Å². The van der Waals surface area contributed by atoms with Crippen LogP contribution >= 0.6 is 0 Å². The molecule has 0 aliphatic carbocycles. The van der Waals surface area contributed by atoms with E-state index < -0.39 is 11.9 Å². The van der Waals surface area contributed by atoms with Gasteiger partial charge in [0.1, 0.15) is 17.2 Å². The molecule has 0 radical (unpaired) electrons. The second-order valence-electron chi connectivity index (χ2n) is 3.21. The number of aromatic hydroxyl groups is 2. The molecule has 3 amide bonds. The van der Waals surface area contributed by atoms with Crippen molar-refractivity contribution < 1.29 is 19.8 Å². The fraction of sp³-hybridized carbons (Fsp3) is 0. The van der Waals surface area contributed by atoms with E-state index in [1.165, 1.54) is 18.2 Å². The molecule has 1 aliphatic rings. The Bertz CT molecular complexity index is 508. The van der Waals surface area contributed by atoms with E-state index in [1.807, 2.05) is 5.32 Å². The Morgan fingerprint density at radius 3 is 2.44 bits per heavy atom. The Labute approximate surface area is 90.2 Å². The molecule has 4 N–H and O–H groups in total. The summed E-state index contributed by atoms with van der Waals surface area (Å²) in [6, 6.07) is 3.33. The molecule has 16 heavy (non-hydrogen) atoms. The van der Waals surface area contributed by atoms with Gasteiger partial charge in [0.2, 0.25) is 0 Å². The van der Waals surface area contributed by atoms with Crippen LogP contribution in [0.2, 0.25) is 0 Å². The van der Waals surface area contributed by atoms with Gasteiger partial charge < -0.3 is 15.5 Å². The molecule has 1 saturated heterocycles. The number of hydrogen-bond acceptors (Lipinski definition) is 4. The van der Waals surface area contributed by atoms with Crippen LogP contribution in [0.15, 0.2) is 23.9 Å². The number of nitrogens with one attached hydrogen (secondary N) is 2. The van der Waals surface area contributed by atoms with Crippen molar-refractivity contribution in [2.24, 2.45) is 0 Å². The minimum Gasteiger partial charge on any atom is -0.508 e. The standard InChI is InChI=1S/C10H8N2O4/c13-6-2-1-5(8(14)4-6)3-7-9(15)12-10(16)11-7/h1-4,13-14H,(H2,11,12,15,16)/b7-3+. The molecule has 0 aromatic heterocycles. The summed E-state index contributed by atoms with van der Waals surface area (Å²) >= 11 is 0. The molecule has 6 heteroatoms. The highest BCUT2D eigenvalue weighted by molar-refractivity contribution is 6.14. The molecule has 0 atom stereocenters. The van der Waals surface area contributed by atoms with Crippen molar-refractivity contribution in [3.8, 4) is 11.5 Å². The Balaban J connectivity index is 2.36. The SMILES string of the molecule is O=C1NC(=O)/C(=C\c2ccc(O)cc2O)N1. The number of carbonyl (C=O) groups excluding carboxylic acids is 2. The summed E-state index contributed by atoms with van der Waals surface area (Å²) in [4.78, 5) is 22.0. The van der Waals surface area contributed by atoms with E-state index in [-0.39, 0.29) is 17.2 Å². The van der Waals surface area contributed by atoms with Crippen LogP contribution in [0.4, 0.5) is 4.79 Å². The molecule has 1 aromatic carbocycles. The van der Waals surface area contributed by atoms with Gasteiger partial charge in [0.25, 0.3) is 5.91 Å². The highest BCUT2D eigenvalue weighted by atomic mass is 16.3. The van der Waals surface area contributed by atoms with E-state index >= 15 is 0 Å². The maximum absolute atomic E-state index is 11.2. The number of carbonyl (C=O) groups is 2. The van der Waals surface area contributed by atoms with E-state index in [0.717, 1.165) is 6.07 Å². The molecule has 1 aromatic rings. The van der Waals surface area contributed by atoms with E-state index in [4.69, 9.17) is 5.11 Å². The second-order valence-corrected chi connectivity index (χ2v) is 3.21. The van der Waals surface area contributed by atoms with Crippen molar-refractivity contribution >= 4 is 18.0 Å². The minimum atomic E-state index is -0.602. The highest BCUT2D eigenvalue weighted by Gasteiger charge is 2.23. The van der Waals surface area contributed by atoms with Gasteiger partial charge in [-0.3, -0.25) is 10.1 Å². The van der Waals surface area contributed by atoms with Crippen LogP contribution in [0.3, 0.4) is 0 Å². The predicted molar refractivity (Wildman–Crippen MR) is 54.4 cm³/mol. The van der Waals surface area contributed by atoms with Crippen molar-refractivity contribution in [3.63, 3.8) is 0 Å². The van der Waals surface area contributed by atoms with E-state index in [1.54, 1.807) is 0 Å². The summed E-state index contributed by atoms with van der Waals surface area (Å²) in [5.74, 6) is -0.821. The molecule has 1 heterocycles. The molecular weight excluding hydrogens is 212 g/mol. The summed E-state index contributed by atoms with van der Waals surface area (Å²) in [5, 5.41) is 22.8.